The third-order valence-electron chi connectivity index (χ3n) is 3.57. The van der Waals surface area contributed by atoms with Crippen LogP contribution in [0.2, 0.25) is 0 Å². The molecule has 1 aromatic heterocycles. The fourth-order valence-corrected chi connectivity index (χ4v) is 2.27. The number of nitrogens with one attached hydrogen (secondary N) is 2. The third kappa shape index (κ3) is 7.31. The van der Waals surface area contributed by atoms with Crippen molar-refractivity contribution in [1.82, 2.24) is 20.2 Å². The number of imidazole rings is 1. The Bertz CT molecular complexity index is 588. The summed E-state index contributed by atoms with van der Waals surface area (Å²) in [5, 5.41) is 14.2. The quantitative estimate of drug-likeness (QED) is 0.290. The van der Waals surface area contributed by atoms with Crippen LogP contribution in [0.1, 0.15) is 25.0 Å². The maximum absolute atomic E-state index is 12.5. The molecule has 0 radical (unpaired) electrons. The van der Waals surface area contributed by atoms with E-state index in [4.69, 9.17) is 11.5 Å². The highest BCUT2D eigenvalue weighted by Gasteiger charge is 2.26. The molecule has 10 heteroatoms. The van der Waals surface area contributed by atoms with Crippen molar-refractivity contribution in [3.8, 4) is 0 Å². The predicted octanol–water partition coefficient (Wildman–Crippen LogP) is -1.90. The van der Waals surface area contributed by atoms with Gasteiger partial charge < -0.3 is 31.8 Å². The molecule has 0 aliphatic carbocycles. The lowest BCUT2D eigenvalue weighted by atomic mass is 10.1. The van der Waals surface area contributed by atoms with Crippen LogP contribution in [0, 0.1) is 0 Å². The fraction of sp³-hybridized carbons (Fsp3) is 0.600. The van der Waals surface area contributed by atoms with Crippen LogP contribution < -0.4 is 22.1 Å². The number of nitrogens with two attached hydrogens (primary N) is 2. The van der Waals surface area contributed by atoms with E-state index in [2.05, 4.69) is 15.6 Å². The highest BCUT2D eigenvalue weighted by molar-refractivity contribution is 5.90. The van der Waals surface area contributed by atoms with E-state index in [-0.39, 0.29) is 19.4 Å². The number of carboxylic acid groups (broad SMARTS) is 1. The van der Waals surface area contributed by atoms with E-state index in [1.165, 1.54) is 0 Å². The summed E-state index contributed by atoms with van der Waals surface area (Å²) in [4.78, 5) is 39.5. The first kappa shape index (κ1) is 20.6. The molecular weight excluding hydrogens is 328 g/mol. The standard InChI is InChI=1S/C15H26N6O4/c1-21-8-10(18-9-21)6-12(19-13(22)7-17)14(23)20-11(15(24)25)4-2-3-5-16/h8-9,11-12H,2-7,16-17H2,1H3,(H,19,22)(H,20,23)(H,24,25). The average Bonchev–Trinajstić information content (AvgIpc) is 2.98. The van der Waals surface area contributed by atoms with Crippen molar-refractivity contribution in [1.29, 1.82) is 0 Å². The van der Waals surface area contributed by atoms with Crippen LogP contribution in [0.4, 0.5) is 0 Å². The molecule has 0 fully saturated rings. The van der Waals surface area contributed by atoms with Gasteiger partial charge in [0, 0.05) is 19.7 Å². The molecule has 0 bridgehead atoms. The lowest BCUT2D eigenvalue weighted by molar-refractivity contribution is -0.142. The minimum Gasteiger partial charge on any atom is -0.480 e. The van der Waals surface area contributed by atoms with Crippen LogP contribution in [0.25, 0.3) is 0 Å². The second kappa shape index (κ2) is 10.4. The van der Waals surface area contributed by atoms with Gasteiger partial charge in [0.2, 0.25) is 11.8 Å². The second-order valence-corrected chi connectivity index (χ2v) is 5.74. The van der Waals surface area contributed by atoms with E-state index < -0.39 is 29.9 Å². The molecule has 140 valence electrons. The van der Waals surface area contributed by atoms with Gasteiger partial charge in [-0.2, -0.15) is 0 Å². The molecule has 0 aliphatic rings. The smallest absolute Gasteiger partial charge is 0.326 e. The minimum absolute atomic E-state index is 0.132. The van der Waals surface area contributed by atoms with Crippen LogP contribution in [-0.4, -0.2) is 57.6 Å². The zero-order valence-corrected chi connectivity index (χ0v) is 14.3. The second-order valence-electron chi connectivity index (χ2n) is 5.74. The predicted molar refractivity (Wildman–Crippen MR) is 90.4 cm³/mol. The number of rotatable bonds is 11. The van der Waals surface area contributed by atoms with Gasteiger partial charge in [-0.05, 0) is 25.8 Å². The summed E-state index contributed by atoms with van der Waals surface area (Å²) in [6.45, 7) is 0.181. The number of aromatic nitrogens is 2. The number of aryl methyl sites for hydroxylation is 1. The van der Waals surface area contributed by atoms with Crippen LogP contribution >= 0.6 is 0 Å². The molecular formula is C15H26N6O4. The van der Waals surface area contributed by atoms with Gasteiger partial charge >= 0.3 is 5.97 Å². The molecule has 2 amide bonds. The van der Waals surface area contributed by atoms with Gasteiger partial charge in [-0.1, -0.05) is 0 Å². The van der Waals surface area contributed by atoms with Gasteiger partial charge in [0.25, 0.3) is 0 Å². The molecule has 0 aliphatic heterocycles. The Morgan fingerprint density at radius 2 is 1.96 bits per heavy atom. The maximum atomic E-state index is 12.5. The Morgan fingerprint density at radius 1 is 1.24 bits per heavy atom. The summed E-state index contributed by atoms with van der Waals surface area (Å²) in [7, 11) is 1.78. The van der Waals surface area contributed by atoms with Crippen molar-refractivity contribution in [2.24, 2.45) is 18.5 Å². The SMILES string of the molecule is Cn1cnc(CC(NC(=O)CN)C(=O)NC(CCCCN)C(=O)O)c1. The van der Waals surface area contributed by atoms with Crippen molar-refractivity contribution in [3.63, 3.8) is 0 Å². The fourth-order valence-electron chi connectivity index (χ4n) is 2.27. The molecule has 1 heterocycles. The number of aliphatic carboxylic acids is 1. The Balaban J connectivity index is 2.78. The highest BCUT2D eigenvalue weighted by atomic mass is 16.4. The molecule has 1 aromatic rings. The number of amides is 2. The van der Waals surface area contributed by atoms with Gasteiger partial charge in [0.05, 0.1) is 18.6 Å². The van der Waals surface area contributed by atoms with Crippen LogP contribution in [0.3, 0.4) is 0 Å². The van der Waals surface area contributed by atoms with E-state index in [9.17, 15) is 19.5 Å². The molecule has 0 spiro atoms. The monoisotopic (exact) mass is 354 g/mol. The number of carbonyl (C=O) groups is 3. The average molecular weight is 354 g/mol. The van der Waals surface area contributed by atoms with Gasteiger partial charge in [-0.3, -0.25) is 9.59 Å². The van der Waals surface area contributed by atoms with Crippen molar-refractivity contribution in [2.45, 2.75) is 37.8 Å². The molecule has 0 aromatic carbocycles. The summed E-state index contributed by atoms with van der Waals surface area (Å²) < 4.78 is 1.71. The Morgan fingerprint density at radius 3 is 2.48 bits per heavy atom. The highest BCUT2D eigenvalue weighted by Crippen LogP contribution is 2.04. The number of carboxylic acids is 1. The molecule has 10 nitrogen and oxygen atoms in total. The van der Waals surface area contributed by atoms with Crippen LogP contribution in [0.15, 0.2) is 12.5 Å². The zero-order chi connectivity index (χ0) is 18.8. The molecule has 25 heavy (non-hydrogen) atoms. The maximum Gasteiger partial charge on any atom is 0.326 e. The summed E-state index contributed by atoms with van der Waals surface area (Å²) in [6, 6.07) is -2.00. The molecule has 1 rings (SSSR count). The number of carbonyl (C=O) groups excluding carboxylic acids is 2. The van der Waals surface area contributed by atoms with Crippen molar-refractivity contribution >= 4 is 17.8 Å². The van der Waals surface area contributed by atoms with Gasteiger partial charge in [-0.25, -0.2) is 9.78 Å². The Hall–Kier alpha value is -2.46. The number of unbranched alkanes of at least 4 members (excludes halogenated alkanes) is 1. The van der Waals surface area contributed by atoms with Crippen molar-refractivity contribution in [2.75, 3.05) is 13.1 Å². The van der Waals surface area contributed by atoms with E-state index >= 15 is 0 Å². The summed E-state index contributed by atoms with van der Waals surface area (Å²) >= 11 is 0. The van der Waals surface area contributed by atoms with E-state index in [0.717, 1.165) is 0 Å². The minimum atomic E-state index is -1.13. The third-order valence-corrected chi connectivity index (χ3v) is 3.57. The molecule has 2 atom stereocenters. The summed E-state index contributed by atoms with van der Waals surface area (Å²) in [6.07, 6.45) is 4.93. The van der Waals surface area contributed by atoms with Crippen molar-refractivity contribution < 1.29 is 19.5 Å². The van der Waals surface area contributed by atoms with E-state index in [0.29, 0.717) is 25.1 Å². The topological polar surface area (TPSA) is 165 Å². The van der Waals surface area contributed by atoms with Crippen molar-refractivity contribution in [3.05, 3.63) is 18.2 Å². The van der Waals surface area contributed by atoms with E-state index in [1.807, 2.05) is 0 Å². The normalized spacial score (nSPS) is 13.1. The molecule has 2 unspecified atom stereocenters. The van der Waals surface area contributed by atoms with Crippen LogP contribution in [-0.2, 0) is 27.9 Å². The Labute approximate surface area is 146 Å². The summed E-state index contributed by atoms with van der Waals surface area (Å²) in [5.74, 6) is -2.23. The van der Waals surface area contributed by atoms with Gasteiger partial charge in [0.15, 0.2) is 0 Å². The number of hydrogen-bond donors (Lipinski definition) is 5. The number of hydrogen-bond acceptors (Lipinski definition) is 6. The lowest BCUT2D eigenvalue weighted by Gasteiger charge is -2.21. The summed E-state index contributed by atoms with van der Waals surface area (Å²) in [5.41, 5.74) is 11.3. The molecule has 0 saturated heterocycles. The Kier molecular flexibility index (Phi) is 8.57. The number of nitrogens with zero attached hydrogens (tertiary/aromatic N) is 2. The lowest BCUT2D eigenvalue weighted by Crippen LogP contribution is -2.53. The first-order chi connectivity index (χ1) is 11.9. The largest absolute Gasteiger partial charge is 0.480 e. The first-order valence-corrected chi connectivity index (χ1v) is 8.06. The van der Waals surface area contributed by atoms with Crippen LogP contribution in [0.5, 0.6) is 0 Å². The first-order valence-electron chi connectivity index (χ1n) is 8.06. The zero-order valence-electron chi connectivity index (χ0n) is 14.3. The molecule has 0 saturated carbocycles. The van der Waals surface area contributed by atoms with Gasteiger partial charge in [0.1, 0.15) is 12.1 Å². The van der Waals surface area contributed by atoms with E-state index in [1.54, 1.807) is 24.1 Å². The van der Waals surface area contributed by atoms with Gasteiger partial charge in [-0.15, -0.1) is 0 Å². The molecule has 7 N–H and O–H groups in total.